The Kier molecular flexibility index (Phi) is 4.68. The largest absolute Gasteiger partial charge is 0.380 e. The van der Waals surface area contributed by atoms with Crippen LogP contribution in [-0.4, -0.2) is 30.1 Å². The predicted molar refractivity (Wildman–Crippen MR) is 96.9 cm³/mol. The number of nitrogens with one attached hydrogen (secondary N) is 2. The number of methoxy groups -OCH3 is 1. The van der Waals surface area contributed by atoms with Gasteiger partial charge in [0, 0.05) is 48.0 Å². The number of aromatic nitrogens is 1. The van der Waals surface area contributed by atoms with E-state index in [0.717, 1.165) is 18.4 Å². The number of carbonyl (C=O) groups is 1. The van der Waals surface area contributed by atoms with E-state index in [0.29, 0.717) is 12.3 Å². The van der Waals surface area contributed by atoms with Crippen molar-refractivity contribution in [2.75, 3.05) is 7.11 Å². The zero-order chi connectivity index (χ0) is 17.3. The molecule has 0 aliphatic heterocycles. The van der Waals surface area contributed by atoms with Crippen LogP contribution in [0.2, 0.25) is 0 Å². The van der Waals surface area contributed by atoms with Gasteiger partial charge in [-0.05, 0) is 24.5 Å². The van der Waals surface area contributed by atoms with Crippen molar-refractivity contribution in [2.45, 2.75) is 52.2 Å². The highest BCUT2D eigenvalue weighted by atomic mass is 16.5. The minimum absolute atomic E-state index is 0.000662. The van der Waals surface area contributed by atoms with Crippen molar-refractivity contribution in [1.82, 2.24) is 10.3 Å². The van der Waals surface area contributed by atoms with Crippen molar-refractivity contribution in [1.29, 1.82) is 0 Å². The molecule has 24 heavy (non-hydrogen) atoms. The maximum absolute atomic E-state index is 12.3. The van der Waals surface area contributed by atoms with Crippen molar-refractivity contribution >= 4 is 16.8 Å². The summed E-state index contributed by atoms with van der Waals surface area (Å²) in [7, 11) is 1.75. The molecule has 1 saturated carbocycles. The van der Waals surface area contributed by atoms with Gasteiger partial charge in [0.15, 0.2) is 0 Å². The first kappa shape index (κ1) is 17.0. The second-order valence-corrected chi connectivity index (χ2v) is 7.60. The van der Waals surface area contributed by atoms with Gasteiger partial charge in [-0.25, -0.2) is 0 Å². The fourth-order valence-electron chi connectivity index (χ4n) is 4.45. The van der Waals surface area contributed by atoms with Crippen LogP contribution in [0.15, 0.2) is 30.5 Å². The molecule has 0 bridgehead atoms. The van der Waals surface area contributed by atoms with Gasteiger partial charge in [-0.15, -0.1) is 0 Å². The topological polar surface area (TPSA) is 54.1 Å². The monoisotopic (exact) mass is 328 g/mol. The molecule has 130 valence electrons. The van der Waals surface area contributed by atoms with E-state index in [2.05, 4.69) is 55.5 Å². The molecule has 1 heterocycles. The molecule has 1 amide bonds. The average molecular weight is 328 g/mol. The number of ether oxygens (including phenoxy) is 1. The number of benzene rings is 1. The minimum Gasteiger partial charge on any atom is -0.380 e. The van der Waals surface area contributed by atoms with E-state index in [1.54, 1.807) is 7.11 Å². The van der Waals surface area contributed by atoms with Crippen LogP contribution in [0.3, 0.4) is 0 Å². The number of hydrogen-bond donors (Lipinski definition) is 2. The van der Waals surface area contributed by atoms with E-state index < -0.39 is 0 Å². The molecule has 2 N–H and O–H groups in total. The van der Waals surface area contributed by atoms with Crippen LogP contribution in [0.1, 0.15) is 39.2 Å². The molecule has 4 heteroatoms. The van der Waals surface area contributed by atoms with Crippen molar-refractivity contribution in [3.8, 4) is 0 Å². The van der Waals surface area contributed by atoms with Crippen molar-refractivity contribution in [3.63, 3.8) is 0 Å². The summed E-state index contributed by atoms with van der Waals surface area (Å²) in [5.74, 6) is 0.511. The van der Waals surface area contributed by atoms with Crippen LogP contribution < -0.4 is 5.32 Å². The molecule has 4 nitrogen and oxygen atoms in total. The maximum Gasteiger partial charge on any atom is 0.220 e. The van der Waals surface area contributed by atoms with E-state index in [-0.39, 0.29) is 23.5 Å². The number of amides is 1. The summed E-state index contributed by atoms with van der Waals surface area (Å²) < 4.78 is 5.54. The Hall–Kier alpha value is -1.81. The number of carbonyl (C=O) groups excluding carboxylic acids is 1. The third-order valence-electron chi connectivity index (χ3n) is 5.63. The number of aromatic amines is 1. The number of aryl methyl sites for hydroxylation is 1. The molecule has 0 unspecified atom stereocenters. The molecule has 1 aliphatic carbocycles. The zero-order valence-corrected chi connectivity index (χ0v) is 15.1. The highest BCUT2D eigenvalue weighted by Crippen LogP contribution is 2.46. The van der Waals surface area contributed by atoms with Crippen molar-refractivity contribution in [2.24, 2.45) is 11.3 Å². The van der Waals surface area contributed by atoms with Crippen LogP contribution >= 0.6 is 0 Å². The van der Waals surface area contributed by atoms with Crippen LogP contribution in [0.5, 0.6) is 0 Å². The molecule has 1 aromatic carbocycles. The Morgan fingerprint density at radius 2 is 2.08 bits per heavy atom. The Morgan fingerprint density at radius 3 is 2.79 bits per heavy atom. The molecule has 1 aromatic heterocycles. The lowest BCUT2D eigenvalue weighted by atomic mass is 9.58. The average Bonchev–Trinajstić information content (AvgIpc) is 2.96. The SMILES string of the molecule is CO[C@@H]1[C@@H](C)[C@@H](NC(=O)CCCc2c[nH]c3ccccc23)C1(C)C. The Labute approximate surface area is 144 Å². The van der Waals surface area contributed by atoms with Crippen LogP contribution in [0.25, 0.3) is 10.9 Å². The Bertz CT molecular complexity index is 719. The smallest absolute Gasteiger partial charge is 0.220 e. The lowest BCUT2D eigenvalue weighted by Crippen LogP contribution is -2.67. The molecule has 2 aromatic rings. The van der Waals surface area contributed by atoms with Crippen molar-refractivity contribution < 1.29 is 9.53 Å². The number of hydrogen-bond acceptors (Lipinski definition) is 2. The van der Waals surface area contributed by atoms with Gasteiger partial charge in [0.2, 0.25) is 5.91 Å². The van der Waals surface area contributed by atoms with Gasteiger partial charge < -0.3 is 15.0 Å². The van der Waals surface area contributed by atoms with Gasteiger partial charge in [-0.1, -0.05) is 39.0 Å². The minimum atomic E-state index is 0.000662. The number of H-pyrrole nitrogens is 1. The molecule has 3 rings (SSSR count). The second kappa shape index (κ2) is 6.60. The molecular formula is C20H28N2O2. The lowest BCUT2D eigenvalue weighted by molar-refractivity contribution is -0.154. The number of fused-ring (bicyclic) bond motifs is 1. The van der Waals surface area contributed by atoms with E-state index in [1.165, 1.54) is 10.9 Å². The normalized spacial score (nSPS) is 25.4. The zero-order valence-electron chi connectivity index (χ0n) is 15.1. The van der Waals surface area contributed by atoms with E-state index in [1.807, 2.05) is 6.07 Å². The third-order valence-corrected chi connectivity index (χ3v) is 5.63. The van der Waals surface area contributed by atoms with E-state index in [9.17, 15) is 4.79 Å². The summed E-state index contributed by atoms with van der Waals surface area (Å²) in [6.45, 7) is 6.48. The first-order chi connectivity index (χ1) is 11.4. The van der Waals surface area contributed by atoms with Crippen molar-refractivity contribution in [3.05, 3.63) is 36.0 Å². The standard InChI is InChI=1S/C20H28N2O2/c1-13-18(20(2,3)19(13)24-4)22-17(23)11-7-8-14-12-21-16-10-6-5-9-15(14)16/h5-6,9-10,12-13,18-19,21H,7-8,11H2,1-4H3,(H,22,23)/t13-,18+,19+/m0/s1. The molecule has 1 fully saturated rings. The van der Waals surface area contributed by atoms with Gasteiger partial charge in [0.05, 0.1) is 6.10 Å². The Morgan fingerprint density at radius 1 is 1.33 bits per heavy atom. The second-order valence-electron chi connectivity index (χ2n) is 7.60. The first-order valence-electron chi connectivity index (χ1n) is 8.82. The summed E-state index contributed by atoms with van der Waals surface area (Å²) in [6.07, 6.45) is 4.62. The molecule has 0 saturated heterocycles. The van der Waals surface area contributed by atoms with Crippen LogP contribution in [-0.2, 0) is 16.0 Å². The summed E-state index contributed by atoms with van der Waals surface area (Å²) in [5, 5.41) is 4.47. The van der Waals surface area contributed by atoms with Gasteiger partial charge in [-0.2, -0.15) is 0 Å². The highest BCUT2D eigenvalue weighted by Gasteiger charge is 2.55. The summed E-state index contributed by atoms with van der Waals surface area (Å²) in [4.78, 5) is 15.6. The van der Waals surface area contributed by atoms with Gasteiger partial charge in [-0.3, -0.25) is 4.79 Å². The molecule has 1 aliphatic rings. The summed E-state index contributed by atoms with van der Waals surface area (Å²) >= 11 is 0. The summed E-state index contributed by atoms with van der Waals surface area (Å²) in [6, 6.07) is 8.49. The Balaban J connectivity index is 1.50. The predicted octanol–water partition coefficient (Wildman–Crippen LogP) is 3.67. The van der Waals surface area contributed by atoms with Crippen LogP contribution in [0.4, 0.5) is 0 Å². The fraction of sp³-hybridized carbons (Fsp3) is 0.550. The van der Waals surface area contributed by atoms with Gasteiger partial charge in [0.25, 0.3) is 0 Å². The molecule has 3 atom stereocenters. The van der Waals surface area contributed by atoms with Gasteiger partial charge in [0.1, 0.15) is 0 Å². The first-order valence-corrected chi connectivity index (χ1v) is 8.82. The number of rotatable bonds is 6. The molecule has 0 radical (unpaired) electrons. The molecule has 0 spiro atoms. The number of para-hydroxylation sites is 1. The molecular weight excluding hydrogens is 300 g/mol. The fourth-order valence-corrected chi connectivity index (χ4v) is 4.45. The highest BCUT2D eigenvalue weighted by molar-refractivity contribution is 5.83. The van der Waals surface area contributed by atoms with Gasteiger partial charge >= 0.3 is 0 Å². The maximum atomic E-state index is 12.3. The lowest BCUT2D eigenvalue weighted by Gasteiger charge is -2.56. The third kappa shape index (κ3) is 2.95. The summed E-state index contributed by atoms with van der Waals surface area (Å²) in [5.41, 5.74) is 2.45. The quantitative estimate of drug-likeness (QED) is 0.850. The van der Waals surface area contributed by atoms with E-state index >= 15 is 0 Å². The van der Waals surface area contributed by atoms with Crippen LogP contribution in [0, 0.1) is 11.3 Å². The van der Waals surface area contributed by atoms with E-state index in [4.69, 9.17) is 4.74 Å².